The number of hydrogen-bond acceptors (Lipinski definition) is 7. The molecular weight excluding hydrogens is 411 g/mol. The Balaban J connectivity index is 1.90. The zero-order valence-electron chi connectivity index (χ0n) is 15.4. The van der Waals surface area contributed by atoms with Crippen molar-refractivity contribution >= 4 is 21.6 Å². The highest BCUT2D eigenvalue weighted by molar-refractivity contribution is 7.89. The molecule has 154 valence electrons. The SMILES string of the molecule is CC(C)(Cc1ccc(S(N)(=O)=O)cc1F)NC[C@H](O)COc1nccnc1Cl. The highest BCUT2D eigenvalue weighted by atomic mass is 35.5. The van der Waals surface area contributed by atoms with Gasteiger partial charge in [-0.1, -0.05) is 17.7 Å². The lowest BCUT2D eigenvalue weighted by atomic mass is 9.94. The van der Waals surface area contributed by atoms with Gasteiger partial charge in [0.25, 0.3) is 5.88 Å². The van der Waals surface area contributed by atoms with Crippen LogP contribution in [0.25, 0.3) is 0 Å². The van der Waals surface area contributed by atoms with Crippen molar-refractivity contribution in [2.24, 2.45) is 5.14 Å². The Hall–Kier alpha value is -1.85. The number of hydrogen-bond donors (Lipinski definition) is 3. The first kappa shape index (κ1) is 22.4. The third-order valence-corrected chi connectivity index (χ3v) is 5.01. The van der Waals surface area contributed by atoms with Crippen LogP contribution in [0.4, 0.5) is 4.39 Å². The fourth-order valence-electron chi connectivity index (χ4n) is 2.42. The molecule has 1 atom stereocenters. The quantitative estimate of drug-likeness (QED) is 0.544. The van der Waals surface area contributed by atoms with E-state index < -0.39 is 27.5 Å². The third-order valence-electron chi connectivity index (χ3n) is 3.84. The molecule has 0 radical (unpaired) electrons. The van der Waals surface area contributed by atoms with E-state index in [1.54, 1.807) is 0 Å². The van der Waals surface area contributed by atoms with Crippen LogP contribution >= 0.6 is 11.6 Å². The van der Waals surface area contributed by atoms with Crippen LogP contribution in [0.2, 0.25) is 5.15 Å². The number of β-amino-alcohol motifs (C(OH)–C–C–N with tert-alkyl or cyclic N) is 1. The number of aromatic nitrogens is 2. The summed E-state index contributed by atoms with van der Waals surface area (Å²) < 4.78 is 42.1. The number of benzene rings is 1. The van der Waals surface area contributed by atoms with Crippen LogP contribution in [-0.4, -0.2) is 48.3 Å². The Morgan fingerprint density at radius 2 is 2.04 bits per heavy atom. The van der Waals surface area contributed by atoms with E-state index in [4.69, 9.17) is 21.5 Å². The Labute approximate surface area is 168 Å². The maximum absolute atomic E-state index is 14.2. The van der Waals surface area contributed by atoms with E-state index in [0.717, 1.165) is 6.07 Å². The maximum Gasteiger partial charge on any atom is 0.252 e. The van der Waals surface area contributed by atoms with Gasteiger partial charge in [0.05, 0.1) is 4.90 Å². The van der Waals surface area contributed by atoms with Crippen LogP contribution < -0.4 is 15.2 Å². The van der Waals surface area contributed by atoms with E-state index in [1.165, 1.54) is 24.5 Å². The van der Waals surface area contributed by atoms with Crippen molar-refractivity contribution in [2.75, 3.05) is 13.2 Å². The van der Waals surface area contributed by atoms with Gasteiger partial charge in [-0.05, 0) is 38.0 Å². The van der Waals surface area contributed by atoms with Crippen LogP contribution in [0.1, 0.15) is 19.4 Å². The van der Waals surface area contributed by atoms with Gasteiger partial charge in [0.1, 0.15) is 18.5 Å². The number of primary sulfonamides is 1. The highest BCUT2D eigenvalue weighted by Gasteiger charge is 2.22. The smallest absolute Gasteiger partial charge is 0.252 e. The molecule has 0 bridgehead atoms. The summed E-state index contributed by atoms with van der Waals surface area (Å²) in [5.41, 5.74) is -0.267. The Bertz CT molecular complexity index is 927. The summed E-state index contributed by atoms with van der Waals surface area (Å²) >= 11 is 5.82. The standard InChI is InChI=1S/C17H22ClFN4O4S/c1-17(2,8-11-3-4-13(7-14(11)19)28(20,25)26)23-9-12(24)10-27-16-15(18)21-5-6-22-16/h3-7,12,23-24H,8-10H2,1-2H3,(H2,20,25,26)/t12-/m0/s1. The fraction of sp³-hybridized carbons (Fsp3) is 0.412. The molecule has 0 unspecified atom stereocenters. The minimum absolute atomic E-state index is 0.0566. The molecule has 0 saturated heterocycles. The second-order valence-electron chi connectivity index (χ2n) is 6.86. The normalized spacial score (nSPS) is 13.4. The summed E-state index contributed by atoms with van der Waals surface area (Å²) in [6.07, 6.45) is 2.23. The number of aliphatic hydroxyl groups is 1. The number of rotatable bonds is 9. The maximum atomic E-state index is 14.2. The lowest BCUT2D eigenvalue weighted by Crippen LogP contribution is -2.46. The van der Waals surface area contributed by atoms with Gasteiger partial charge in [0, 0.05) is 24.5 Å². The lowest BCUT2D eigenvalue weighted by molar-refractivity contribution is 0.0963. The minimum Gasteiger partial charge on any atom is -0.473 e. The van der Waals surface area contributed by atoms with E-state index >= 15 is 0 Å². The number of halogens is 2. The Morgan fingerprint density at radius 1 is 1.36 bits per heavy atom. The van der Waals surface area contributed by atoms with E-state index in [-0.39, 0.29) is 35.5 Å². The van der Waals surface area contributed by atoms with Crippen LogP contribution in [0, 0.1) is 5.82 Å². The Morgan fingerprint density at radius 3 is 2.64 bits per heavy atom. The van der Waals surface area contributed by atoms with Crippen molar-refractivity contribution in [3.05, 3.63) is 47.1 Å². The van der Waals surface area contributed by atoms with Crippen LogP contribution in [0.3, 0.4) is 0 Å². The largest absolute Gasteiger partial charge is 0.473 e. The molecule has 4 N–H and O–H groups in total. The van der Waals surface area contributed by atoms with Crippen molar-refractivity contribution in [3.8, 4) is 5.88 Å². The number of nitrogens with two attached hydrogens (primary N) is 1. The van der Waals surface area contributed by atoms with Crippen molar-refractivity contribution in [1.82, 2.24) is 15.3 Å². The molecule has 0 aliphatic heterocycles. The fourth-order valence-corrected chi connectivity index (χ4v) is 3.11. The van der Waals surface area contributed by atoms with Gasteiger partial charge >= 0.3 is 0 Å². The van der Waals surface area contributed by atoms with E-state index in [2.05, 4.69) is 15.3 Å². The molecule has 2 aromatic rings. The molecule has 0 amide bonds. The third kappa shape index (κ3) is 6.64. The summed E-state index contributed by atoms with van der Waals surface area (Å²) in [5, 5.41) is 18.3. The van der Waals surface area contributed by atoms with E-state index in [1.807, 2.05) is 13.8 Å². The first-order valence-corrected chi connectivity index (χ1v) is 10.2. The average molecular weight is 433 g/mol. The molecule has 2 rings (SSSR count). The monoisotopic (exact) mass is 432 g/mol. The van der Waals surface area contributed by atoms with Crippen LogP contribution in [0.5, 0.6) is 5.88 Å². The van der Waals surface area contributed by atoms with E-state index in [0.29, 0.717) is 5.56 Å². The highest BCUT2D eigenvalue weighted by Crippen LogP contribution is 2.20. The molecule has 11 heteroatoms. The van der Waals surface area contributed by atoms with Gasteiger partial charge < -0.3 is 15.2 Å². The minimum atomic E-state index is -3.96. The second kappa shape index (κ2) is 9.10. The first-order chi connectivity index (χ1) is 13.0. The van der Waals surface area contributed by atoms with Gasteiger partial charge in [0.15, 0.2) is 5.15 Å². The molecule has 0 aliphatic rings. The van der Waals surface area contributed by atoms with Crippen molar-refractivity contribution < 1.29 is 22.7 Å². The van der Waals surface area contributed by atoms with Gasteiger partial charge in [-0.3, -0.25) is 0 Å². The first-order valence-electron chi connectivity index (χ1n) is 8.31. The number of ether oxygens (including phenoxy) is 1. The van der Waals surface area contributed by atoms with Crippen LogP contribution in [0.15, 0.2) is 35.5 Å². The summed E-state index contributed by atoms with van der Waals surface area (Å²) in [4.78, 5) is 7.44. The molecule has 28 heavy (non-hydrogen) atoms. The zero-order valence-corrected chi connectivity index (χ0v) is 17.0. The summed E-state index contributed by atoms with van der Waals surface area (Å²) in [7, 11) is -3.96. The van der Waals surface area contributed by atoms with Gasteiger partial charge in [-0.25, -0.2) is 27.9 Å². The molecular formula is C17H22ClFN4O4S. The average Bonchev–Trinajstić information content (AvgIpc) is 2.60. The molecule has 0 spiro atoms. The summed E-state index contributed by atoms with van der Waals surface area (Å²) in [6, 6.07) is 3.54. The number of aliphatic hydroxyl groups excluding tert-OH is 1. The second-order valence-corrected chi connectivity index (χ2v) is 8.78. The predicted octanol–water partition coefficient (Wildman–Crippen LogP) is 1.27. The molecule has 0 fully saturated rings. The predicted molar refractivity (Wildman–Crippen MR) is 102 cm³/mol. The van der Waals surface area contributed by atoms with Gasteiger partial charge in [0.2, 0.25) is 10.0 Å². The lowest BCUT2D eigenvalue weighted by Gasteiger charge is -2.28. The molecule has 0 aliphatic carbocycles. The number of nitrogens with one attached hydrogen (secondary N) is 1. The molecule has 0 saturated carbocycles. The topological polar surface area (TPSA) is 127 Å². The summed E-state index contributed by atoms with van der Waals surface area (Å²) in [5.74, 6) is -0.540. The van der Waals surface area contributed by atoms with Gasteiger partial charge in [-0.2, -0.15) is 0 Å². The number of nitrogens with zero attached hydrogens (tertiary/aromatic N) is 2. The van der Waals surface area contributed by atoms with Crippen molar-refractivity contribution in [2.45, 2.75) is 36.8 Å². The molecule has 1 aromatic carbocycles. The number of sulfonamides is 1. The van der Waals surface area contributed by atoms with E-state index in [9.17, 15) is 17.9 Å². The molecule has 8 nitrogen and oxygen atoms in total. The van der Waals surface area contributed by atoms with Crippen molar-refractivity contribution in [3.63, 3.8) is 0 Å². The van der Waals surface area contributed by atoms with Crippen LogP contribution in [-0.2, 0) is 16.4 Å². The zero-order chi connectivity index (χ0) is 20.9. The van der Waals surface area contributed by atoms with Crippen molar-refractivity contribution in [1.29, 1.82) is 0 Å². The molecule has 1 heterocycles. The summed E-state index contributed by atoms with van der Waals surface area (Å²) in [6.45, 7) is 3.76. The Kier molecular flexibility index (Phi) is 7.29. The molecule has 1 aromatic heterocycles. The van der Waals surface area contributed by atoms with Gasteiger partial charge in [-0.15, -0.1) is 0 Å².